The summed E-state index contributed by atoms with van der Waals surface area (Å²) in [6, 6.07) is 100.0. The van der Waals surface area contributed by atoms with Gasteiger partial charge in [0.1, 0.15) is 16.7 Å². The second-order valence-corrected chi connectivity index (χ2v) is 32.2. The predicted octanol–water partition coefficient (Wildman–Crippen LogP) is 26.7. The minimum absolute atomic E-state index is 0.0152. The summed E-state index contributed by atoms with van der Waals surface area (Å²) in [6.45, 7) is 34.4. The van der Waals surface area contributed by atoms with Crippen molar-refractivity contribution in [2.24, 2.45) is 0 Å². The number of rotatable bonds is 11. The van der Waals surface area contributed by atoms with Crippen LogP contribution in [0.25, 0.3) is 55.0 Å². The molecule has 14 aromatic rings. The molecule has 0 amide bonds. The lowest BCUT2D eigenvalue weighted by molar-refractivity contribution is 0.589. The van der Waals surface area contributed by atoms with Crippen LogP contribution in [0.15, 0.2) is 276 Å². The lowest BCUT2D eigenvalue weighted by atomic mass is 9.67. The monoisotopic (exact) mass is 1280 g/mol. The molecule has 15 rings (SSSR count). The van der Waals surface area contributed by atoms with Gasteiger partial charge in [0.15, 0.2) is 5.58 Å². The molecule has 488 valence electrons. The van der Waals surface area contributed by atoms with Gasteiger partial charge in [-0.2, -0.15) is 0 Å². The zero-order valence-corrected chi connectivity index (χ0v) is 59.6. The van der Waals surface area contributed by atoms with Gasteiger partial charge in [-0.15, -0.1) is 0 Å². The Labute approximate surface area is 579 Å². The molecule has 0 aliphatic heterocycles. The molecular formula is C93H89N3O2. The quantitative estimate of drug-likeness (QED) is 0.129. The average Bonchev–Trinajstić information content (AvgIpc) is 1.50. The van der Waals surface area contributed by atoms with Gasteiger partial charge in [-0.05, 0) is 186 Å². The fraction of sp³-hybridized carbons (Fsp3) is 0.226. The van der Waals surface area contributed by atoms with E-state index in [-0.39, 0.29) is 27.1 Å². The van der Waals surface area contributed by atoms with Crippen molar-refractivity contribution in [3.63, 3.8) is 0 Å². The Bertz CT molecular complexity index is 5220. The molecule has 5 heteroatoms. The van der Waals surface area contributed by atoms with Gasteiger partial charge in [-0.3, -0.25) is 0 Å². The van der Waals surface area contributed by atoms with Crippen LogP contribution >= 0.6 is 0 Å². The summed E-state index contributed by atoms with van der Waals surface area (Å²) in [5.74, 6) is 0. The largest absolute Gasteiger partial charge is 0.455 e. The Hall–Kier alpha value is -10.4. The normalized spacial score (nSPS) is 14.3. The number of hydrogen-bond acceptors (Lipinski definition) is 5. The third-order valence-electron chi connectivity index (χ3n) is 20.5. The van der Waals surface area contributed by atoms with E-state index in [0.717, 1.165) is 128 Å². The number of fused-ring (bicyclic) bond motifs is 11. The summed E-state index contributed by atoms with van der Waals surface area (Å²) in [5, 5.41) is 4.13. The van der Waals surface area contributed by atoms with E-state index >= 15 is 0 Å². The van der Waals surface area contributed by atoms with E-state index in [2.05, 4.69) is 385 Å². The molecule has 0 bridgehead atoms. The number of anilines is 9. The van der Waals surface area contributed by atoms with Crippen LogP contribution in [-0.4, -0.2) is 0 Å². The molecule has 2 heterocycles. The van der Waals surface area contributed by atoms with Crippen molar-refractivity contribution in [3.8, 4) is 11.1 Å². The highest BCUT2D eigenvalue weighted by molar-refractivity contribution is 6.26. The SMILES string of the molecule is CC(C)(C)c1ccc(N(c2ccc(C(C)(C)C)cc2)c2ccc(C3(c4ccc(C(C)(C)C)cc4)c4cc(N(c5ccccc5)c5ccc(C(C)(C)C)cc5)c5c(oc6ccccc65)c4-c4c3cc(N(c3ccccc3)c3ccc(C(C)(C)C)cc3)c3oc5ccccc5c43)cc2)cc1. The molecule has 98 heavy (non-hydrogen) atoms. The fourth-order valence-electron chi connectivity index (χ4n) is 15.1. The van der Waals surface area contributed by atoms with Gasteiger partial charge < -0.3 is 23.5 Å². The maximum atomic E-state index is 7.73. The van der Waals surface area contributed by atoms with Crippen molar-refractivity contribution in [2.45, 2.75) is 136 Å². The summed E-state index contributed by atoms with van der Waals surface area (Å²) in [6.07, 6.45) is 0. The second kappa shape index (κ2) is 23.4. The van der Waals surface area contributed by atoms with Crippen LogP contribution in [0.3, 0.4) is 0 Å². The molecule has 5 nitrogen and oxygen atoms in total. The Kier molecular flexibility index (Phi) is 15.2. The van der Waals surface area contributed by atoms with Crippen molar-refractivity contribution in [1.82, 2.24) is 0 Å². The van der Waals surface area contributed by atoms with Crippen LogP contribution in [0, 0.1) is 0 Å². The predicted molar refractivity (Wildman–Crippen MR) is 416 cm³/mol. The molecule has 1 atom stereocenters. The van der Waals surface area contributed by atoms with Gasteiger partial charge in [0.2, 0.25) is 0 Å². The highest BCUT2D eigenvalue weighted by Crippen LogP contribution is 2.65. The van der Waals surface area contributed by atoms with Crippen LogP contribution in [-0.2, 0) is 32.5 Å². The highest BCUT2D eigenvalue weighted by atomic mass is 16.3. The molecular weight excluding hydrogens is 1190 g/mol. The minimum Gasteiger partial charge on any atom is -0.455 e. The third kappa shape index (κ3) is 10.9. The molecule has 0 fully saturated rings. The van der Waals surface area contributed by atoms with E-state index in [1.54, 1.807) is 0 Å². The van der Waals surface area contributed by atoms with Crippen LogP contribution in [0.2, 0.25) is 0 Å². The lowest BCUT2D eigenvalue weighted by Gasteiger charge is -2.37. The van der Waals surface area contributed by atoms with Gasteiger partial charge in [-0.25, -0.2) is 0 Å². The lowest BCUT2D eigenvalue weighted by Crippen LogP contribution is -2.29. The van der Waals surface area contributed by atoms with Gasteiger partial charge in [-0.1, -0.05) is 262 Å². The summed E-state index contributed by atoms with van der Waals surface area (Å²) in [5.41, 5.74) is 24.2. The van der Waals surface area contributed by atoms with Gasteiger partial charge in [0.05, 0.1) is 22.2 Å². The van der Waals surface area contributed by atoms with E-state index < -0.39 is 5.41 Å². The first kappa shape index (κ1) is 63.7. The number of nitrogens with zero attached hydrogens (tertiary/aromatic N) is 3. The van der Waals surface area contributed by atoms with E-state index in [0.29, 0.717) is 0 Å². The van der Waals surface area contributed by atoms with Crippen LogP contribution in [0.1, 0.15) is 154 Å². The van der Waals surface area contributed by atoms with Crippen molar-refractivity contribution in [1.29, 1.82) is 0 Å². The highest BCUT2D eigenvalue weighted by Gasteiger charge is 2.51. The van der Waals surface area contributed by atoms with Crippen molar-refractivity contribution < 1.29 is 8.83 Å². The first-order valence-electron chi connectivity index (χ1n) is 34.9. The Morgan fingerprint density at radius 1 is 0.255 bits per heavy atom. The van der Waals surface area contributed by atoms with Gasteiger partial charge in [0, 0.05) is 67.1 Å². The van der Waals surface area contributed by atoms with E-state index in [1.165, 1.54) is 27.8 Å². The second-order valence-electron chi connectivity index (χ2n) is 32.2. The van der Waals surface area contributed by atoms with Crippen LogP contribution < -0.4 is 14.7 Å². The Morgan fingerprint density at radius 2 is 0.541 bits per heavy atom. The molecule has 0 spiro atoms. The third-order valence-corrected chi connectivity index (χ3v) is 20.5. The maximum Gasteiger partial charge on any atom is 0.160 e. The summed E-state index contributed by atoms with van der Waals surface area (Å²) >= 11 is 0. The number of furan rings is 2. The first-order chi connectivity index (χ1) is 46.8. The summed E-state index contributed by atoms with van der Waals surface area (Å²) in [7, 11) is 0. The fourth-order valence-corrected chi connectivity index (χ4v) is 15.1. The number of hydrogen-bond donors (Lipinski definition) is 0. The van der Waals surface area contributed by atoms with Crippen molar-refractivity contribution >= 4 is 95.1 Å². The maximum absolute atomic E-state index is 7.73. The smallest absolute Gasteiger partial charge is 0.160 e. The first-order valence-corrected chi connectivity index (χ1v) is 34.9. The van der Waals surface area contributed by atoms with E-state index in [9.17, 15) is 0 Å². The number of benzene rings is 12. The molecule has 0 radical (unpaired) electrons. The summed E-state index contributed by atoms with van der Waals surface area (Å²) < 4.78 is 15.3. The molecule has 1 aliphatic carbocycles. The van der Waals surface area contributed by atoms with Crippen molar-refractivity contribution in [2.75, 3.05) is 14.7 Å². The van der Waals surface area contributed by atoms with Gasteiger partial charge in [0.25, 0.3) is 0 Å². The molecule has 2 aromatic heterocycles. The molecule has 0 saturated carbocycles. The van der Waals surface area contributed by atoms with Crippen LogP contribution in [0.4, 0.5) is 51.2 Å². The topological polar surface area (TPSA) is 36.0 Å². The molecule has 1 unspecified atom stereocenters. The van der Waals surface area contributed by atoms with Crippen LogP contribution in [0.5, 0.6) is 0 Å². The Balaban J connectivity index is 1.12. The Morgan fingerprint density at radius 3 is 0.939 bits per heavy atom. The van der Waals surface area contributed by atoms with E-state index in [1.807, 2.05) is 0 Å². The molecule has 0 N–H and O–H groups in total. The molecule has 0 saturated heterocycles. The standard InChI is InChI=1S/C93H89N3O2/c1-88(2,3)60-34-36-65(37-35-60)93(66-46-56-71(57-47-66)94(69-48-38-61(39-49-69)89(4,5)6)70-50-40-62(41-51-70)90(7,8)9)76-59-79(96(68-28-20-17-21-29-68)73-54-44-64(45-55-73)92(13,14)15)86-83(75-31-23-25-33-81(75)97-86)84(76)85-77(93)58-78(82-74-30-22-24-32-80(74)98-87(82)85)95(67-26-18-16-19-27-67)72-52-42-63(43-53-72)91(10,11)12/h16-59H,1-15H3. The zero-order valence-electron chi connectivity index (χ0n) is 59.6. The average molecular weight is 1280 g/mol. The zero-order chi connectivity index (χ0) is 68.4. The minimum atomic E-state index is -1.03. The summed E-state index contributed by atoms with van der Waals surface area (Å²) in [4.78, 5) is 7.31. The van der Waals surface area contributed by atoms with Gasteiger partial charge >= 0.3 is 0 Å². The molecule has 12 aromatic carbocycles. The van der Waals surface area contributed by atoms with Crippen molar-refractivity contribution in [3.05, 3.63) is 317 Å². The number of para-hydroxylation sites is 4. The van der Waals surface area contributed by atoms with E-state index in [4.69, 9.17) is 8.83 Å². The molecule has 1 aliphatic rings.